The molecule has 3 rings (SSSR count). The maximum atomic E-state index is 12.2. The van der Waals surface area contributed by atoms with Crippen molar-refractivity contribution < 1.29 is 13.9 Å². The van der Waals surface area contributed by atoms with Crippen LogP contribution in [0.3, 0.4) is 0 Å². The lowest BCUT2D eigenvalue weighted by Gasteiger charge is -2.09. The van der Waals surface area contributed by atoms with Gasteiger partial charge in [-0.15, -0.1) is 5.10 Å². The third-order valence-corrected chi connectivity index (χ3v) is 3.07. The zero-order valence-electron chi connectivity index (χ0n) is 13.6. The molecule has 0 aliphatic rings. The van der Waals surface area contributed by atoms with Crippen LogP contribution in [0.4, 0.5) is 6.01 Å². The van der Waals surface area contributed by atoms with Gasteiger partial charge in [0.15, 0.2) is 0 Å². The Labute approximate surface area is 138 Å². The van der Waals surface area contributed by atoms with Crippen molar-refractivity contribution in [1.29, 1.82) is 0 Å². The molecule has 1 amide bonds. The molecule has 24 heavy (non-hydrogen) atoms. The third-order valence-electron chi connectivity index (χ3n) is 3.07. The van der Waals surface area contributed by atoms with Gasteiger partial charge in [0, 0.05) is 18.8 Å². The highest BCUT2D eigenvalue weighted by atomic mass is 16.5. The quantitative estimate of drug-likeness (QED) is 0.773. The molecule has 0 radical (unpaired) electrons. The molecule has 2 aromatic heterocycles. The van der Waals surface area contributed by atoms with E-state index in [4.69, 9.17) is 9.15 Å². The van der Waals surface area contributed by atoms with Crippen molar-refractivity contribution in [2.45, 2.75) is 20.0 Å². The van der Waals surface area contributed by atoms with E-state index < -0.39 is 0 Å². The van der Waals surface area contributed by atoms with E-state index in [0.29, 0.717) is 17.0 Å². The number of rotatable bonds is 5. The number of carbonyl (C=O) groups is 1. The maximum Gasteiger partial charge on any atom is 0.322 e. The van der Waals surface area contributed by atoms with Gasteiger partial charge in [-0.25, -0.2) is 0 Å². The zero-order valence-corrected chi connectivity index (χ0v) is 13.6. The van der Waals surface area contributed by atoms with E-state index in [1.54, 1.807) is 48.3 Å². The van der Waals surface area contributed by atoms with Crippen LogP contribution in [0.2, 0.25) is 0 Å². The minimum absolute atomic E-state index is 0.0168. The largest absolute Gasteiger partial charge is 0.491 e. The number of hydrogen-bond donors (Lipinski definition) is 1. The molecule has 0 atom stereocenters. The van der Waals surface area contributed by atoms with Crippen LogP contribution in [-0.2, 0) is 7.05 Å². The van der Waals surface area contributed by atoms with E-state index in [2.05, 4.69) is 20.6 Å². The molecule has 0 aliphatic heterocycles. The van der Waals surface area contributed by atoms with Crippen LogP contribution in [-0.4, -0.2) is 32.0 Å². The molecule has 0 saturated heterocycles. The predicted molar refractivity (Wildman–Crippen MR) is 86.7 cm³/mol. The molecule has 8 heteroatoms. The highest BCUT2D eigenvalue weighted by Crippen LogP contribution is 2.18. The Balaban J connectivity index is 1.67. The Bertz CT molecular complexity index is 836. The highest BCUT2D eigenvalue weighted by molar-refractivity contribution is 6.03. The number of nitrogens with zero attached hydrogens (tertiary/aromatic N) is 4. The zero-order chi connectivity index (χ0) is 17.1. The van der Waals surface area contributed by atoms with E-state index in [0.717, 1.165) is 0 Å². The molecule has 0 aliphatic carbocycles. The second-order valence-electron chi connectivity index (χ2n) is 5.43. The topological polar surface area (TPSA) is 95.1 Å². The molecule has 0 spiro atoms. The Hall–Kier alpha value is -3.16. The number of benzene rings is 1. The van der Waals surface area contributed by atoms with Crippen LogP contribution in [0.1, 0.15) is 24.2 Å². The second kappa shape index (κ2) is 6.53. The SMILES string of the molecule is CC(C)Oc1ccc(C(=O)Nc2nnc(-c3ccn(C)n3)o2)cc1. The summed E-state index contributed by atoms with van der Waals surface area (Å²) < 4.78 is 12.6. The van der Waals surface area contributed by atoms with Crippen molar-refractivity contribution in [3.63, 3.8) is 0 Å². The minimum Gasteiger partial charge on any atom is -0.491 e. The van der Waals surface area contributed by atoms with Crippen molar-refractivity contribution >= 4 is 11.9 Å². The van der Waals surface area contributed by atoms with Crippen LogP contribution in [0, 0.1) is 0 Å². The van der Waals surface area contributed by atoms with Crippen LogP contribution in [0.15, 0.2) is 40.9 Å². The number of ether oxygens (including phenoxy) is 1. The van der Waals surface area contributed by atoms with Gasteiger partial charge in [0.05, 0.1) is 6.10 Å². The number of aryl methyl sites for hydroxylation is 1. The number of hydrogen-bond acceptors (Lipinski definition) is 6. The van der Waals surface area contributed by atoms with Gasteiger partial charge in [0.2, 0.25) is 0 Å². The summed E-state index contributed by atoms with van der Waals surface area (Å²) in [6.07, 6.45) is 1.84. The maximum absolute atomic E-state index is 12.2. The Morgan fingerprint density at radius 3 is 2.58 bits per heavy atom. The fourth-order valence-corrected chi connectivity index (χ4v) is 2.03. The number of aromatic nitrogens is 4. The summed E-state index contributed by atoms with van der Waals surface area (Å²) in [4.78, 5) is 12.2. The monoisotopic (exact) mass is 327 g/mol. The summed E-state index contributed by atoms with van der Waals surface area (Å²) in [5.74, 6) is 0.602. The first-order valence-corrected chi connectivity index (χ1v) is 7.43. The second-order valence-corrected chi connectivity index (χ2v) is 5.43. The van der Waals surface area contributed by atoms with Crippen molar-refractivity contribution in [1.82, 2.24) is 20.0 Å². The first-order chi connectivity index (χ1) is 11.5. The summed E-state index contributed by atoms with van der Waals surface area (Å²) in [5, 5.41) is 14.4. The molecule has 8 nitrogen and oxygen atoms in total. The molecule has 0 fully saturated rings. The Morgan fingerprint density at radius 2 is 1.96 bits per heavy atom. The van der Waals surface area contributed by atoms with E-state index in [9.17, 15) is 4.79 Å². The lowest BCUT2D eigenvalue weighted by molar-refractivity contribution is 0.102. The first kappa shape index (κ1) is 15.7. The fourth-order valence-electron chi connectivity index (χ4n) is 2.03. The van der Waals surface area contributed by atoms with E-state index in [-0.39, 0.29) is 23.9 Å². The van der Waals surface area contributed by atoms with Gasteiger partial charge in [0.25, 0.3) is 11.8 Å². The molecule has 1 aromatic carbocycles. The van der Waals surface area contributed by atoms with Gasteiger partial charge in [-0.1, -0.05) is 5.10 Å². The van der Waals surface area contributed by atoms with Gasteiger partial charge < -0.3 is 9.15 Å². The average molecular weight is 327 g/mol. The van der Waals surface area contributed by atoms with Crippen LogP contribution < -0.4 is 10.1 Å². The average Bonchev–Trinajstić information content (AvgIpc) is 3.16. The number of amides is 1. The van der Waals surface area contributed by atoms with E-state index in [1.165, 1.54) is 0 Å². The molecule has 3 aromatic rings. The summed E-state index contributed by atoms with van der Waals surface area (Å²) in [7, 11) is 1.79. The normalized spacial score (nSPS) is 10.8. The highest BCUT2D eigenvalue weighted by Gasteiger charge is 2.14. The number of carbonyl (C=O) groups excluding carboxylic acids is 1. The van der Waals surface area contributed by atoms with Crippen LogP contribution >= 0.6 is 0 Å². The fraction of sp³-hybridized carbons (Fsp3) is 0.250. The first-order valence-electron chi connectivity index (χ1n) is 7.43. The molecule has 0 bridgehead atoms. The van der Waals surface area contributed by atoms with Crippen LogP contribution in [0.25, 0.3) is 11.6 Å². The Morgan fingerprint density at radius 1 is 1.21 bits per heavy atom. The van der Waals surface area contributed by atoms with Gasteiger partial charge in [-0.2, -0.15) is 5.10 Å². The molecule has 1 N–H and O–H groups in total. The molecular weight excluding hydrogens is 310 g/mol. The molecule has 0 saturated carbocycles. The number of anilines is 1. The standard InChI is InChI=1S/C16H17N5O3/c1-10(2)23-12-6-4-11(5-7-12)14(22)17-16-19-18-15(24-16)13-8-9-21(3)20-13/h4-10H,1-3H3,(H,17,19,22). The van der Waals surface area contributed by atoms with Crippen LogP contribution in [0.5, 0.6) is 5.75 Å². The third kappa shape index (κ3) is 3.60. The lowest BCUT2D eigenvalue weighted by Crippen LogP contribution is -2.12. The smallest absolute Gasteiger partial charge is 0.322 e. The van der Waals surface area contributed by atoms with Gasteiger partial charge in [0.1, 0.15) is 11.4 Å². The van der Waals surface area contributed by atoms with E-state index in [1.807, 2.05) is 13.8 Å². The molecule has 0 unspecified atom stereocenters. The van der Waals surface area contributed by atoms with Gasteiger partial charge in [-0.3, -0.25) is 14.8 Å². The minimum atomic E-state index is -0.345. The van der Waals surface area contributed by atoms with Gasteiger partial charge in [-0.05, 0) is 44.2 Å². The molecular formula is C16H17N5O3. The molecule has 124 valence electrons. The van der Waals surface area contributed by atoms with Crippen molar-refractivity contribution in [2.75, 3.05) is 5.32 Å². The number of nitrogens with one attached hydrogen (secondary N) is 1. The van der Waals surface area contributed by atoms with Crippen molar-refractivity contribution in [3.05, 3.63) is 42.1 Å². The Kier molecular flexibility index (Phi) is 4.28. The van der Waals surface area contributed by atoms with Crippen molar-refractivity contribution in [3.8, 4) is 17.3 Å². The molecule has 2 heterocycles. The lowest BCUT2D eigenvalue weighted by atomic mass is 10.2. The predicted octanol–water partition coefficient (Wildman–Crippen LogP) is 2.51. The summed E-state index contributed by atoms with van der Waals surface area (Å²) in [6, 6.07) is 8.58. The summed E-state index contributed by atoms with van der Waals surface area (Å²) in [6.45, 7) is 3.88. The summed E-state index contributed by atoms with van der Waals surface area (Å²) >= 11 is 0. The van der Waals surface area contributed by atoms with Crippen molar-refractivity contribution in [2.24, 2.45) is 7.05 Å². The van der Waals surface area contributed by atoms with E-state index >= 15 is 0 Å². The van der Waals surface area contributed by atoms with Gasteiger partial charge >= 0.3 is 6.01 Å². The summed E-state index contributed by atoms with van der Waals surface area (Å²) in [5.41, 5.74) is 1.00.